The van der Waals surface area contributed by atoms with Crippen LogP contribution in [-0.4, -0.2) is 18.8 Å². The molecule has 0 aliphatic carbocycles. The van der Waals surface area contributed by atoms with Gasteiger partial charge in [0.1, 0.15) is 5.94 Å². The second-order valence-electron chi connectivity index (χ2n) is 3.44. The molecule has 0 radical (unpaired) electrons. The van der Waals surface area contributed by atoms with Crippen LogP contribution in [0.1, 0.15) is 12.5 Å². The molecule has 3 nitrogen and oxygen atoms in total. The molecular formula is C12H13NO2. The molecule has 0 spiro atoms. The first-order valence-corrected chi connectivity index (χ1v) is 5.05. The van der Waals surface area contributed by atoms with Gasteiger partial charge < -0.3 is 10.1 Å². The summed E-state index contributed by atoms with van der Waals surface area (Å²) in [6, 6.07) is 7.92. The summed E-state index contributed by atoms with van der Waals surface area (Å²) in [5, 5.41) is 3.18. The van der Waals surface area contributed by atoms with Crippen LogP contribution in [0.15, 0.2) is 29.8 Å². The summed E-state index contributed by atoms with van der Waals surface area (Å²) in [5.41, 5.74) is 2.79. The van der Waals surface area contributed by atoms with E-state index in [4.69, 9.17) is 4.74 Å². The Hall–Kier alpha value is -1.57. The molecule has 0 saturated carbocycles. The molecule has 1 aromatic carbocycles. The van der Waals surface area contributed by atoms with Crippen molar-refractivity contribution in [3.05, 3.63) is 35.4 Å². The van der Waals surface area contributed by atoms with E-state index in [1.54, 1.807) is 0 Å². The van der Waals surface area contributed by atoms with Crippen molar-refractivity contribution >= 4 is 11.6 Å². The molecule has 0 bridgehead atoms. The Morgan fingerprint density at radius 3 is 3.07 bits per heavy atom. The number of anilines is 1. The average Bonchev–Trinajstić information content (AvgIpc) is 2.28. The molecule has 1 atom stereocenters. The molecule has 1 aromatic rings. The predicted octanol–water partition coefficient (Wildman–Crippen LogP) is 1.78. The number of rotatable bonds is 2. The first-order chi connectivity index (χ1) is 7.35. The Balaban J connectivity index is 2.31. The minimum Gasteiger partial charge on any atom is -0.356 e. The number of ether oxygens (including phenoxy) is 1. The van der Waals surface area contributed by atoms with Gasteiger partial charge in [-0.15, -0.1) is 0 Å². The highest BCUT2D eigenvalue weighted by molar-refractivity contribution is 5.65. The fourth-order valence-corrected chi connectivity index (χ4v) is 1.74. The second-order valence-corrected chi connectivity index (χ2v) is 3.44. The quantitative estimate of drug-likeness (QED) is 0.744. The highest BCUT2D eigenvalue weighted by atomic mass is 16.5. The molecule has 1 heterocycles. The Bertz CT molecular complexity index is 408. The van der Waals surface area contributed by atoms with Gasteiger partial charge in [-0.25, -0.2) is 4.79 Å². The zero-order chi connectivity index (χ0) is 10.7. The molecule has 2 rings (SSSR count). The molecular weight excluding hydrogens is 190 g/mol. The van der Waals surface area contributed by atoms with Crippen LogP contribution in [0.5, 0.6) is 0 Å². The van der Waals surface area contributed by atoms with Crippen LogP contribution in [0.25, 0.3) is 0 Å². The van der Waals surface area contributed by atoms with E-state index in [9.17, 15) is 4.79 Å². The van der Waals surface area contributed by atoms with Gasteiger partial charge in [0, 0.05) is 18.7 Å². The molecule has 0 aromatic heterocycles. The lowest BCUT2D eigenvalue weighted by atomic mass is 9.99. The fourth-order valence-electron chi connectivity index (χ4n) is 1.74. The standard InChI is InChI=1S/C12H13NO2/c1-2-15-12-10(8-14)7-9-5-3-4-6-11(9)13-12/h3-6,12-13H,2,7H2,1H3. The largest absolute Gasteiger partial charge is 0.356 e. The van der Waals surface area contributed by atoms with Crippen molar-refractivity contribution in [1.29, 1.82) is 0 Å². The van der Waals surface area contributed by atoms with Gasteiger partial charge in [-0.2, -0.15) is 0 Å². The monoisotopic (exact) mass is 203 g/mol. The van der Waals surface area contributed by atoms with Crippen molar-refractivity contribution in [1.82, 2.24) is 0 Å². The Morgan fingerprint density at radius 2 is 2.33 bits per heavy atom. The minimum atomic E-state index is -0.317. The molecule has 1 unspecified atom stereocenters. The number of hydrogen-bond donors (Lipinski definition) is 1. The number of hydrogen-bond acceptors (Lipinski definition) is 3. The number of fused-ring (bicyclic) bond motifs is 1. The fraction of sp³-hybridized carbons (Fsp3) is 0.333. The highest BCUT2D eigenvalue weighted by Gasteiger charge is 2.23. The zero-order valence-electron chi connectivity index (χ0n) is 8.62. The van der Waals surface area contributed by atoms with Crippen molar-refractivity contribution < 1.29 is 9.53 Å². The Labute approximate surface area is 88.8 Å². The van der Waals surface area contributed by atoms with Crippen LogP contribution in [0.2, 0.25) is 0 Å². The van der Waals surface area contributed by atoms with E-state index in [1.807, 2.05) is 37.1 Å². The third-order valence-electron chi connectivity index (χ3n) is 2.47. The van der Waals surface area contributed by atoms with Crippen molar-refractivity contribution in [2.45, 2.75) is 19.6 Å². The van der Waals surface area contributed by atoms with E-state index >= 15 is 0 Å². The van der Waals surface area contributed by atoms with Gasteiger partial charge >= 0.3 is 0 Å². The van der Waals surface area contributed by atoms with Crippen molar-refractivity contribution in [2.24, 2.45) is 0 Å². The molecule has 0 amide bonds. The summed E-state index contributed by atoms with van der Waals surface area (Å²) in [7, 11) is 0. The molecule has 1 aliphatic heterocycles. The summed E-state index contributed by atoms with van der Waals surface area (Å²) in [5.74, 6) is 1.96. The number of carbonyl (C=O) groups excluding carboxylic acids is 1. The van der Waals surface area contributed by atoms with Crippen molar-refractivity contribution in [3.8, 4) is 0 Å². The van der Waals surface area contributed by atoms with Crippen LogP contribution in [-0.2, 0) is 16.0 Å². The van der Waals surface area contributed by atoms with E-state index in [0.717, 1.165) is 11.3 Å². The van der Waals surface area contributed by atoms with Gasteiger partial charge in [0.2, 0.25) is 0 Å². The minimum absolute atomic E-state index is 0.317. The van der Waals surface area contributed by atoms with Crippen LogP contribution >= 0.6 is 0 Å². The lowest BCUT2D eigenvalue weighted by Gasteiger charge is -2.27. The Kier molecular flexibility index (Phi) is 2.86. The second kappa shape index (κ2) is 4.30. The lowest BCUT2D eigenvalue weighted by molar-refractivity contribution is 0.105. The predicted molar refractivity (Wildman–Crippen MR) is 58.4 cm³/mol. The van der Waals surface area contributed by atoms with E-state index < -0.39 is 0 Å². The number of nitrogens with one attached hydrogen (secondary N) is 1. The van der Waals surface area contributed by atoms with Gasteiger partial charge in [-0.1, -0.05) is 18.2 Å². The van der Waals surface area contributed by atoms with Crippen LogP contribution in [0.3, 0.4) is 0 Å². The summed E-state index contributed by atoms with van der Waals surface area (Å²) >= 11 is 0. The summed E-state index contributed by atoms with van der Waals surface area (Å²) in [6.07, 6.45) is 0.305. The molecule has 3 heteroatoms. The summed E-state index contributed by atoms with van der Waals surface area (Å²) in [6.45, 7) is 2.48. The third-order valence-corrected chi connectivity index (χ3v) is 2.47. The van der Waals surface area contributed by atoms with Gasteiger partial charge in [0.25, 0.3) is 0 Å². The van der Waals surface area contributed by atoms with Crippen molar-refractivity contribution in [3.63, 3.8) is 0 Å². The Morgan fingerprint density at radius 1 is 1.53 bits per heavy atom. The third kappa shape index (κ3) is 1.94. The van der Waals surface area contributed by atoms with Crippen molar-refractivity contribution in [2.75, 3.05) is 11.9 Å². The van der Waals surface area contributed by atoms with Gasteiger partial charge in [-0.05, 0) is 18.6 Å². The van der Waals surface area contributed by atoms with Gasteiger partial charge in [-0.3, -0.25) is 0 Å². The average molecular weight is 203 g/mol. The van der Waals surface area contributed by atoms with Gasteiger partial charge in [0.05, 0.1) is 5.57 Å². The summed E-state index contributed by atoms with van der Waals surface area (Å²) in [4.78, 5) is 10.8. The van der Waals surface area contributed by atoms with E-state index in [0.29, 0.717) is 18.6 Å². The maximum absolute atomic E-state index is 10.8. The SMILES string of the molecule is CCOC1Nc2ccccc2CC1=C=O. The van der Waals surface area contributed by atoms with Gasteiger partial charge in [0.15, 0.2) is 6.23 Å². The highest BCUT2D eigenvalue weighted by Crippen LogP contribution is 2.26. The normalized spacial score (nSPS) is 19.0. The molecule has 1 N–H and O–H groups in total. The summed E-state index contributed by atoms with van der Waals surface area (Å²) < 4.78 is 5.43. The maximum atomic E-state index is 10.8. The number of para-hydroxylation sites is 1. The van der Waals surface area contributed by atoms with Crippen LogP contribution in [0.4, 0.5) is 5.69 Å². The topological polar surface area (TPSA) is 38.3 Å². The van der Waals surface area contributed by atoms with E-state index in [1.165, 1.54) is 0 Å². The molecule has 0 saturated heterocycles. The first-order valence-electron chi connectivity index (χ1n) is 5.05. The molecule has 0 fully saturated rings. The molecule has 15 heavy (non-hydrogen) atoms. The maximum Gasteiger partial charge on any atom is 0.160 e. The van der Waals surface area contributed by atoms with Crippen LogP contribution < -0.4 is 5.32 Å². The number of benzene rings is 1. The van der Waals surface area contributed by atoms with Crippen LogP contribution in [0, 0.1) is 0 Å². The zero-order valence-corrected chi connectivity index (χ0v) is 8.62. The first kappa shape index (κ1) is 9.97. The molecule has 1 aliphatic rings. The van der Waals surface area contributed by atoms with E-state index in [2.05, 4.69) is 5.32 Å². The lowest BCUT2D eigenvalue weighted by Crippen LogP contribution is -2.31. The molecule has 78 valence electrons. The smallest absolute Gasteiger partial charge is 0.160 e. The van der Waals surface area contributed by atoms with E-state index in [-0.39, 0.29) is 6.23 Å².